The minimum atomic E-state index is 0.0195. The summed E-state index contributed by atoms with van der Waals surface area (Å²) in [4.78, 5) is 40.2. The van der Waals surface area contributed by atoms with E-state index in [4.69, 9.17) is 0 Å². The van der Waals surface area contributed by atoms with Gasteiger partial charge in [0.1, 0.15) is 0 Å². The summed E-state index contributed by atoms with van der Waals surface area (Å²) >= 11 is 0. The summed E-state index contributed by atoms with van der Waals surface area (Å²) in [5, 5.41) is 0. The molecule has 0 aromatic carbocycles. The second-order valence-electron chi connectivity index (χ2n) is 4.54. The Morgan fingerprint density at radius 3 is 1.28 bits per heavy atom. The van der Waals surface area contributed by atoms with Crippen LogP contribution in [0.3, 0.4) is 0 Å². The monoisotopic (exact) mass is 254 g/mol. The van der Waals surface area contributed by atoms with Gasteiger partial charge in [0.25, 0.3) is 0 Å². The fourth-order valence-corrected chi connectivity index (χ4v) is 2.24. The Bertz CT molecular complexity index is 290. The van der Waals surface area contributed by atoms with Crippen LogP contribution in [0.1, 0.15) is 0 Å². The summed E-state index contributed by atoms with van der Waals surface area (Å²) in [7, 11) is 0. The van der Waals surface area contributed by atoms with Gasteiger partial charge in [0.15, 0.2) is 0 Å². The molecule has 0 unspecified atom stereocenters. The molecule has 0 aliphatic carbocycles. The Morgan fingerprint density at radius 1 is 0.667 bits per heavy atom. The highest BCUT2D eigenvalue weighted by Crippen LogP contribution is 2.07. The van der Waals surface area contributed by atoms with Gasteiger partial charge in [0, 0.05) is 52.4 Å². The first-order chi connectivity index (χ1) is 8.74. The van der Waals surface area contributed by atoms with Crippen LogP contribution in [0, 0.1) is 0 Å². The minimum absolute atomic E-state index is 0.0195. The molecule has 7 nitrogen and oxygen atoms in total. The van der Waals surface area contributed by atoms with Crippen molar-refractivity contribution in [2.24, 2.45) is 0 Å². The summed E-state index contributed by atoms with van der Waals surface area (Å²) in [5.74, 6) is 0. The zero-order valence-electron chi connectivity index (χ0n) is 10.3. The quantitative estimate of drug-likeness (QED) is 0.573. The van der Waals surface area contributed by atoms with Crippen LogP contribution in [0.5, 0.6) is 0 Å². The Hall–Kier alpha value is -1.79. The highest BCUT2D eigenvalue weighted by atomic mass is 16.2. The molecule has 18 heavy (non-hydrogen) atoms. The van der Waals surface area contributed by atoms with E-state index in [1.54, 1.807) is 19.6 Å². The summed E-state index contributed by atoms with van der Waals surface area (Å²) < 4.78 is 0. The molecule has 7 heteroatoms. The van der Waals surface area contributed by atoms with Gasteiger partial charge in [-0.15, -0.1) is 0 Å². The van der Waals surface area contributed by atoms with Gasteiger partial charge in [0.2, 0.25) is 12.8 Å². The van der Waals surface area contributed by atoms with E-state index in [9.17, 15) is 14.4 Å². The molecule has 2 aliphatic heterocycles. The number of urea groups is 1. The molecular weight excluding hydrogens is 236 g/mol. The van der Waals surface area contributed by atoms with E-state index in [2.05, 4.69) is 0 Å². The number of piperazine rings is 2. The van der Waals surface area contributed by atoms with Gasteiger partial charge >= 0.3 is 6.03 Å². The lowest BCUT2D eigenvalue weighted by molar-refractivity contribution is -0.119. The van der Waals surface area contributed by atoms with Crippen molar-refractivity contribution >= 4 is 18.9 Å². The summed E-state index contributed by atoms with van der Waals surface area (Å²) in [6.45, 7) is 4.76. The molecule has 0 N–H and O–H groups in total. The highest BCUT2D eigenvalue weighted by Gasteiger charge is 2.26. The van der Waals surface area contributed by atoms with Crippen LogP contribution in [0.2, 0.25) is 0 Å². The average molecular weight is 254 g/mol. The van der Waals surface area contributed by atoms with Crippen molar-refractivity contribution in [1.82, 2.24) is 19.6 Å². The van der Waals surface area contributed by atoms with Crippen molar-refractivity contribution in [2.75, 3.05) is 52.4 Å². The fraction of sp³-hybridized carbons (Fsp3) is 0.727. The molecule has 2 heterocycles. The van der Waals surface area contributed by atoms with Gasteiger partial charge in [-0.25, -0.2) is 4.79 Å². The van der Waals surface area contributed by atoms with Gasteiger partial charge in [-0.2, -0.15) is 0 Å². The number of nitrogens with zero attached hydrogens (tertiary/aromatic N) is 4. The van der Waals surface area contributed by atoms with Crippen LogP contribution in [0.15, 0.2) is 0 Å². The normalized spacial score (nSPS) is 20.9. The van der Waals surface area contributed by atoms with Gasteiger partial charge < -0.3 is 19.6 Å². The smallest absolute Gasteiger partial charge is 0.320 e. The largest absolute Gasteiger partial charge is 0.342 e. The van der Waals surface area contributed by atoms with Crippen molar-refractivity contribution < 1.29 is 14.4 Å². The third-order valence-corrected chi connectivity index (χ3v) is 3.47. The molecule has 2 rings (SSSR count). The Labute approximate surface area is 106 Å². The van der Waals surface area contributed by atoms with Crippen LogP contribution in [-0.4, -0.2) is 90.8 Å². The van der Waals surface area contributed by atoms with Crippen molar-refractivity contribution in [3.8, 4) is 0 Å². The molecule has 0 saturated carbocycles. The molecule has 0 aromatic heterocycles. The Morgan fingerprint density at radius 2 is 1.00 bits per heavy atom. The fourth-order valence-electron chi connectivity index (χ4n) is 2.24. The molecule has 0 aromatic rings. The number of carbonyl (C=O) groups excluding carboxylic acids is 3. The molecule has 4 amide bonds. The van der Waals surface area contributed by atoms with E-state index < -0.39 is 0 Å². The first-order valence-corrected chi connectivity index (χ1v) is 6.17. The molecule has 100 valence electrons. The van der Waals surface area contributed by atoms with Gasteiger partial charge in [-0.3, -0.25) is 9.59 Å². The van der Waals surface area contributed by atoms with E-state index in [0.717, 1.165) is 12.8 Å². The van der Waals surface area contributed by atoms with Gasteiger partial charge in [-0.05, 0) is 0 Å². The highest BCUT2D eigenvalue weighted by molar-refractivity contribution is 5.75. The predicted molar refractivity (Wildman–Crippen MR) is 63.8 cm³/mol. The molecule has 2 fully saturated rings. The topological polar surface area (TPSA) is 64.2 Å². The predicted octanol–water partition coefficient (Wildman–Crippen LogP) is -1.35. The van der Waals surface area contributed by atoms with Gasteiger partial charge in [0.05, 0.1) is 0 Å². The lowest BCUT2D eigenvalue weighted by Gasteiger charge is -2.39. The van der Waals surface area contributed by atoms with Crippen LogP contribution in [0.4, 0.5) is 4.79 Å². The summed E-state index contributed by atoms with van der Waals surface area (Å²) in [6, 6.07) is 0.0195. The maximum absolute atomic E-state index is 12.2. The molecule has 2 saturated heterocycles. The molecule has 2 aliphatic rings. The van der Waals surface area contributed by atoms with E-state index in [-0.39, 0.29) is 6.03 Å². The zero-order valence-corrected chi connectivity index (χ0v) is 10.3. The number of hydrogen-bond acceptors (Lipinski definition) is 3. The van der Waals surface area contributed by atoms with E-state index in [1.165, 1.54) is 0 Å². The van der Waals surface area contributed by atoms with Crippen molar-refractivity contribution in [2.45, 2.75) is 0 Å². The van der Waals surface area contributed by atoms with Gasteiger partial charge in [-0.1, -0.05) is 0 Å². The Balaban J connectivity index is 1.81. The first-order valence-electron chi connectivity index (χ1n) is 6.17. The molecule has 0 bridgehead atoms. The van der Waals surface area contributed by atoms with Crippen LogP contribution < -0.4 is 0 Å². The van der Waals surface area contributed by atoms with E-state index >= 15 is 0 Å². The number of hydrogen-bond donors (Lipinski definition) is 0. The van der Waals surface area contributed by atoms with Crippen molar-refractivity contribution in [3.63, 3.8) is 0 Å². The number of carbonyl (C=O) groups is 3. The van der Waals surface area contributed by atoms with Crippen LogP contribution >= 0.6 is 0 Å². The first kappa shape index (κ1) is 12.7. The van der Waals surface area contributed by atoms with Crippen LogP contribution in [0.25, 0.3) is 0 Å². The van der Waals surface area contributed by atoms with E-state index in [0.29, 0.717) is 52.4 Å². The van der Waals surface area contributed by atoms with Crippen molar-refractivity contribution in [3.05, 3.63) is 0 Å². The third kappa shape index (κ3) is 2.72. The van der Waals surface area contributed by atoms with Crippen LogP contribution in [-0.2, 0) is 9.59 Å². The summed E-state index contributed by atoms with van der Waals surface area (Å²) in [5.41, 5.74) is 0. The minimum Gasteiger partial charge on any atom is -0.342 e. The third-order valence-electron chi connectivity index (χ3n) is 3.47. The Kier molecular flexibility index (Phi) is 4.01. The SMILES string of the molecule is O=CN1CCN(C(=O)N2CCN(C=O)CC2)CC1. The number of rotatable bonds is 2. The second-order valence-corrected chi connectivity index (χ2v) is 4.54. The maximum Gasteiger partial charge on any atom is 0.320 e. The van der Waals surface area contributed by atoms with E-state index in [1.807, 2.05) is 0 Å². The molecule has 0 spiro atoms. The lowest BCUT2D eigenvalue weighted by Crippen LogP contribution is -2.56. The molecule has 0 atom stereocenters. The standard InChI is InChI=1S/C11H18N4O3/c16-9-12-1-5-14(6-2-12)11(18)15-7-3-13(10-17)4-8-15/h9-10H,1-8H2. The van der Waals surface area contributed by atoms with Crippen molar-refractivity contribution in [1.29, 1.82) is 0 Å². The molecular formula is C11H18N4O3. The average Bonchev–Trinajstić information content (AvgIpc) is 2.47. The zero-order chi connectivity index (χ0) is 13.0. The second kappa shape index (κ2) is 5.70. The number of amides is 4. The lowest BCUT2D eigenvalue weighted by atomic mass is 10.3. The maximum atomic E-state index is 12.2. The summed E-state index contributed by atoms with van der Waals surface area (Å²) in [6.07, 6.45) is 1.65. The molecule has 0 radical (unpaired) electrons.